The van der Waals surface area contributed by atoms with Crippen LogP contribution in [-0.4, -0.2) is 14.8 Å². The molecule has 5 heteroatoms. The van der Waals surface area contributed by atoms with Crippen LogP contribution >= 0.6 is 15.9 Å². The predicted octanol–water partition coefficient (Wildman–Crippen LogP) is 3.34. The van der Waals surface area contributed by atoms with Crippen molar-refractivity contribution in [3.8, 4) is 11.4 Å². The Hall–Kier alpha value is -2.14. The number of pyridine rings is 1. The van der Waals surface area contributed by atoms with E-state index in [1.54, 1.807) is 6.20 Å². The smallest absolute Gasteiger partial charge is 0.134 e. The van der Waals surface area contributed by atoms with E-state index in [1.807, 2.05) is 47.3 Å². The van der Waals surface area contributed by atoms with Crippen molar-refractivity contribution in [1.82, 2.24) is 14.8 Å². The highest BCUT2D eigenvalue weighted by atomic mass is 79.9. The van der Waals surface area contributed by atoms with Crippen LogP contribution in [0, 0.1) is 0 Å². The standard InChI is InChI=1S/C15H13BrN4/c16-12-6-2-1-5-11(12)9-20-10-13(17)15(19-20)14-7-3-4-8-18-14/h1-8,10H,9,17H2. The zero-order chi connectivity index (χ0) is 13.9. The summed E-state index contributed by atoms with van der Waals surface area (Å²) in [6.07, 6.45) is 3.57. The lowest BCUT2D eigenvalue weighted by atomic mass is 10.2. The van der Waals surface area contributed by atoms with E-state index < -0.39 is 0 Å². The van der Waals surface area contributed by atoms with Crippen molar-refractivity contribution in [2.75, 3.05) is 5.73 Å². The average molecular weight is 329 g/mol. The van der Waals surface area contributed by atoms with Gasteiger partial charge in [0.05, 0.1) is 17.9 Å². The lowest BCUT2D eigenvalue weighted by Crippen LogP contribution is -2.01. The molecule has 2 aromatic heterocycles. The van der Waals surface area contributed by atoms with Crippen LogP contribution in [0.5, 0.6) is 0 Å². The van der Waals surface area contributed by atoms with Gasteiger partial charge in [0.25, 0.3) is 0 Å². The van der Waals surface area contributed by atoms with Gasteiger partial charge < -0.3 is 5.73 Å². The Labute approximate surface area is 125 Å². The van der Waals surface area contributed by atoms with E-state index in [2.05, 4.69) is 32.1 Å². The quantitative estimate of drug-likeness (QED) is 0.802. The average Bonchev–Trinajstić information content (AvgIpc) is 2.83. The molecule has 2 N–H and O–H groups in total. The van der Waals surface area contributed by atoms with Crippen LogP contribution in [0.4, 0.5) is 5.69 Å². The number of hydrogen-bond acceptors (Lipinski definition) is 3. The van der Waals surface area contributed by atoms with Crippen molar-refractivity contribution in [1.29, 1.82) is 0 Å². The molecule has 100 valence electrons. The molecule has 0 saturated carbocycles. The van der Waals surface area contributed by atoms with E-state index in [0.29, 0.717) is 12.2 Å². The highest BCUT2D eigenvalue weighted by Gasteiger charge is 2.10. The number of benzene rings is 1. The summed E-state index contributed by atoms with van der Waals surface area (Å²) < 4.78 is 2.90. The van der Waals surface area contributed by atoms with Gasteiger partial charge in [-0.25, -0.2) is 0 Å². The number of nitrogen functional groups attached to an aromatic ring is 1. The van der Waals surface area contributed by atoms with Gasteiger partial charge in [0.15, 0.2) is 0 Å². The zero-order valence-electron chi connectivity index (χ0n) is 10.7. The van der Waals surface area contributed by atoms with Gasteiger partial charge in [0.1, 0.15) is 5.69 Å². The zero-order valence-corrected chi connectivity index (χ0v) is 12.3. The van der Waals surface area contributed by atoms with E-state index in [0.717, 1.165) is 21.4 Å². The molecule has 0 amide bonds. The van der Waals surface area contributed by atoms with Gasteiger partial charge in [-0.15, -0.1) is 0 Å². The molecular formula is C15H13BrN4. The van der Waals surface area contributed by atoms with E-state index in [1.165, 1.54) is 0 Å². The lowest BCUT2D eigenvalue weighted by Gasteiger charge is -2.04. The van der Waals surface area contributed by atoms with Crippen molar-refractivity contribution < 1.29 is 0 Å². The normalized spacial score (nSPS) is 10.7. The second-order valence-electron chi connectivity index (χ2n) is 4.44. The molecule has 0 fully saturated rings. The molecule has 2 heterocycles. The minimum atomic E-state index is 0.635. The second kappa shape index (κ2) is 5.46. The summed E-state index contributed by atoms with van der Waals surface area (Å²) >= 11 is 3.54. The molecule has 0 aliphatic carbocycles. The van der Waals surface area contributed by atoms with Crippen molar-refractivity contribution in [2.24, 2.45) is 0 Å². The van der Waals surface area contributed by atoms with Crippen molar-refractivity contribution in [2.45, 2.75) is 6.54 Å². The molecule has 4 nitrogen and oxygen atoms in total. The highest BCUT2D eigenvalue weighted by molar-refractivity contribution is 9.10. The minimum absolute atomic E-state index is 0.635. The van der Waals surface area contributed by atoms with Gasteiger partial charge in [-0.2, -0.15) is 5.10 Å². The first-order valence-electron chi connectivity index (χ1n) is 6.22. The summed E-state index contributed by atoms with van der Waals surface area (Å²) in [5.41, 5.74) is 9.33. The maximum Gasteiger partial charge on any atom is 0.134 e. The molecule has 0 aliphatic rings. The fourth-order valence-corrected chi connectivity index (χ4v) is 2.43. The molecular weight excluding hydrogens is 316 g/mol. The molecule has 3 rings (SSSR count). The van der Waals surface area contributed by atoms with Crippen LogP contribution in [0.3, 0.4) is 0 Å². The van der Waals surface area contributed by atoms with Crippen molar-refractivity contribution >= 4 is 21.6 Å². The van der Waals surface area contributed by atoms with E-state index in [4.69, 9.17) is 5.73 Å². The summed E-state index contributed by atoms with van der Waals surface area (Å²) in [6, 6.07) is 13.8. The third kappa shape index (κ3) is 2.58. The van der Waals surface area contributed by atoms with Crippen LogP contribution < -0.4 is 5.73 Å². The monoisotopic (exact) mass is 328 g/mol. The Morgan fingerprint density at radius 2 is 1.90 bits per heavy atom. The third-order valence-corrected chi connectivity index (χ3v) is 3.76. The molecule has 0 atom stereocenters. The van der Waals surface area contributed by atoms with Gasteiger partial charge in [0.2, 0.25) is 0 Å². The summed E-state index contributed by atoms with van der Waals surface area (Å²) in [6.45, 7) is 0.665. The fourth-order valence-electron chi connectivity index (χ4n) is 2.02. The highest BCUT2D eigenvalue weighted by Crippen LogP contribution is 2.23. The van der Waals surface area contributed by atoms with E-state index in [-0.39, 0.29) is 0 Å². The molecule has 0 unspecified atom stereocenters. The molecule has 20 heavy (non-hydrogen) atoms. The number of halogens is 1. The number of anilines is 1. The lowest BCUT2D eigenvalue weighted by molar-refractivity contribution is 0.687. The number of rotatable bonds is 3. The molecule has 1 aromatic carbocycles. The summed E-state index contributed by atoms with van der Waals surface area (Å²) in [4.78, 5) is 4.28. The van der Waals surface area contributed by atoms with Crippen LogP contribution in [0.2, 0.25) is 0 Å². The first-order valence-corrected chi connectivity index (χ1v) is 7.01. The van der Waals surface area contributed by atoms with E-state index >= 15 is 0 Å². The molecule has 0 radical (unpaired) electrons. The first kappa shape index (κ1) is 12.9. The number of nitrogens with two attached hydrogens (primary N) is 1. The first-order chi connectivity index (χ1) is 9.74. The van der Waals surface area contributed by atoms with Gasteiger partial charge >= 0.3 is 0 Å². The van der Waals surface area contributed by atoms with Crippen molar-refractivity contribution in [3.63, 3.8) is 0 Å². The number of hydrogen-bond donors (Lipinski definition) is 1. The molecule has 3 aromatic rings. The van der Waals surface area contributed by atoms with Crippen LogP contribution in [0.25, 0.3) is 11.4 Å². The van der Waals surface area contributed by atoms with Crippen LogP contribution in [0.15, 0.2) is 59.3 Å². The van der Waals surface area contributed by atoms with Gasteiger partial charge in [-0.05, 0) is 23.8 Å². The topological polar surface area (TPSA) is 56.7 Å². The SMILES string of the molecule is Nc1cn(Cc2ccccc2Br)nc1-c1ccccn1. The Morgan fingerprint density at radius 3 is 2.65 bits per heavy atom. The maximum atomic E-state index is 6.03. The van der Waals surface area contributed by atoms with Crippen LogP contribution in [-0.2, 0) is 6.54 Å². The van der Waals surface area contributed by atoms with Gasteiger partial charge in [-0.3, -0.25) is 9.67 Å². The largest absolute Gasteiger partial charge is 0.396 e. The molecule has 0 spiro atoms. The summed E-state index contributed by atoms with van der Waals surface area (Å²) in [5.74, 6) is 0. The molecule has 0 aliphatic heterocycles. The third-order valence-electron chi connectivity index (χ3n) is 2.99. The predicted molar refractivity (Wildman–Crippen MR) is 83.1 cm³/mol. The molecule has 0 saturated heterocycles. The summed E-state index contributed by atoms with van der Waals surface area (Å²) in [7, 11) is 0. The Balaban J connectivity index is 1.92. The maximum absolute atomic E-state index is 6.03. The van der Waals surface area contributed by atoms with E-state index in [9.17, 15) is 0 Å². The Morgan fingerprint density at radius 1 is 1.10 bits per heavy atom. The molecule has 0 bridgehead atoms. The fraction of sp³-hybridized carbons (Fsp3) is 0.0667. The Bertz CT molecular complexity index is 722. The summed E-state index contributed by atoms with van der Waals surface area (Å²) in [5, 5.41) is 4.52. The van der Waals surface area contributed by atoms with Crippen molar-refractivity contribution in [3.05, 3.63) is 64.9 Å². The number of nitrogens with zero attached hydrogens (tertiary/aromatic N) is 3. The second-order valence-corrected chi connectivity index (χ2v) is 5.29. The number of aromatic nitrogens is 3. The Kier molecular flexibility index (Phi) is 3.52. The minimum Gasteiger partial charge on any atom is -0.396 e. The van der Waals surface area contributed by atoms with Gasteiger partial charge in [-0.1, -0.05) is 40.2 Å². The van der Waals surface area contributed by atoms with Crippen LogP contribution in [0.1, 0.15) is 5.56 Å². The van der Waals surface area contributed by atoms with Gasteiger partial charge in [0, 0.05) is 16.9 Å².